The summed E-state index contributed by atoms with van der Waals surface area (Å²) < 4.78 is 17.5. The number of hydrogen-bond donors (Lipinski definition) is 0. The Morgan fingerprint density at radius 3 is 1.90 bits per heavy atom. The van der Waals surface area contributed by atoms with Crippen LogP contribution in [0.25, 0.3) is 0 Å². The maximum atomic E-state index is 6.48. The lowest BCUT2D eigenvalue weighted by Crippen LogP contribution is -2.45. The molecule has 0 radical (unpaired) electrons. The van der Waals surface area contributed by atoms with Gasteiger partial charge in [0.1, 0.15) is 0 Å². The summed E-state index contributed by atoms with van der Waals surface area (Å²) in [5.74, 6) is 0.520. The lowest BCUT2D eigenvalue weighted by Gasteiger charge is -2.41. The molecule has 21 heavy (non-hydrogen) atoms. The standard InChI is InChI=1S/C18H36O3/c1-6-16(2)18(13-19-4,14-20-5)15-21-17(3)11-9-7-8-10-12-17/h16H,6-15H2,1-5H3. The van der Waals surface area contributed by atoms with Crippen molar-refractivity contribution < 1.29 is 14.2 Å². The SMILES string of the molecule is CCC(C)C(COC)(COC)COC1(C)CCCCCC1. The van der Waals surface area contributed by atoms with E-state index in [1.54, 1.807) is 14.2 Å². The van der Waals surface area contributed by atoms with Crippen LogP contribution in [-0.4, -0.2) is 39.6 Å². The second kappa shape index (κ2) is 9.12. The van der Waals surface area contributed by atoms with Crippen molar-refractivity contribution in [2.24, 2.45) is 11.3 Å². The van der Waals surface area contributed by atoms with E-state index in [0.717, 1.165) is 13.0 Å². The van der Waals surface area contributed by atoms with E-state index in [0.29, 0.717) is 19.1 Å². The summed E-state index contributed by atoms with van der Waals surface area (Å²) in [6, 6.07) is 0. The Morgan fingerprint density at radius 1 is 0.952 bits per heavy atom. The molecule has 0 N–H and O–H groups in total. The van der Waals surface area contributed by atoms with Gasteiger partial charge in [0, 0.05) is 19.6 Å². The maximum absolute atomic E-state index is 6.48. The Labute approximate surface area is 131 Å². The van der Waals surface area contributed by atoms with Crippen LogP contribution in [0.2, 0.25) is 0 Å². The summed E-state index contributed by atoms with van der Waals surface area (Å²) in [4.78, 5) is 0. The smallest absolute Gasteiger partial charge is 0.0654 e. The molecule has 1 rings (SSSR count). The molecule has 1 aliphatic carbocycles. The van der Waals surface area contributed by atoms with Gasteiger partial charge in [-0.15, -0.1) is 0 Å². The van der Waals surface area contributed by atoms with Gasteiger partial charge in [-0.25, -0.2) is 0 Å². The first-order chi connectivity index (χ1) is 10.0. The van der Waals surface area contributed by atoms with Gasteiger partial charge in [-0.05, 0) is 25.7 Å². The van der Waals surface area contributed by atoms with Crippen LogP contribution in [0, 0.1) is 11.3 Å². The molecule has 3 heteroatoms. The third kappa shape index (κ3) is 5.54. The normalized spacial score (nSPS) is 21.0. The Hall–Kier alpha value is -0.120. The lowest BCUT2D eigenvalue weighted by molar-refractivity contribution is -0.133. The average Bonchev–Trinajstić information content (AvgIpc) is 2.70. The Kier molecular flexibility index (Phi) is 8.22. The first kappa shape index (κ1) is 18.9. The zero-order valence-corrected chi connectivity index (χ0v) is 14.9. The molecule has 0 bridgehead atoms. The molecule has 1 saturated carbocycles. The van der Waals surface area contributed by atoms with Gasteiger partial charge >= 0.3 is 0 Å². The first-order valence-corrected chi connectivity index (χ1v) is 8.64. The highest BCUT2D eigenvalue weighted by Crippen LogP contribution is 2.36. The Balaban J connectivity index is 2.74. The molecular formula is C18H36O3. The van der Waals surface area contributed by atoms with Crippen LogP contribution in [0.1, 0.15) is 65.7 Å². The molecule has 1 atom stereocenters. The van der Waals surface area contributed by atoms with E-state index in [2.05, 4.69) is 20.8 Å². The van der Waals surface area contributed by atoms with E-state index in [-0.39, 0.29) is 11.0 Å². The Bertz CT molecular complexity index is 264. The summed E-state index contributed by atoms with van der Waals surface area (Å²) in [6.45, 7) is 8.95. The molecule has 0 spiro atoms. The van der Waals surface area contributed by atoms with Gasteiger partial charge in [0.15, 0.2) is 0 Å². The zero-order chi connectivity index (χ0) is 15.8. The molecule has 0 heterocycles. The maximum Gasteiger partial charge on any atom is 0.0654 e. The van der Waals surface area contributed by atoms with Gasteiger partial charge in [-0.2, -0.15) is 0 Å². The van der Waals surface area contributed by atoms with Crippen molar-refractivity contribution in [1.29, 1.82) is 0 Å². The molecular weight excluding hydrogens is 264 g/mol. The molecule has 126 valence electrons. The van der Waals surface area contributed by atoms with E-state index in [1.807, 2.05) is 0 Å². The summed E-state index contributed by atoms with van der Waals surface area (Å²) >= 11 is 0. The topological polar surface area (TPSA) is 27.7 Å². The fraction of sp³-hybridized carbons (Fsp3) is 1.00. The second-order valence-corrected chi connectivity index (χ2v) is 7.19. The largest absolute Gasteiger partial charge is 0.384 e. The summed E-state index contributed by atoms with van der Waals surface area (Å²) in [6.07, 6.45) is 8.78. The minimum absolute atomic E-state index is 0.0342. The van der Waals surface area contributed by atoms with Crippen molar-refractivity contribution in [2.45, 2.75) is 71.3 Å². The van der Waals surface area contributed by atoms with E-state index in [9.17, 15) is 0 Å². The molecule has 0 saturated heterocycles. The molecule has 0 aliphatic heterocycles. The predicted molar refractivity (Wildman–Crippen MR) is 87.7 cm³/mol. The van der Waals surface area contributed by atoms with E-state index in [1.165, 1.54) is 38.5 Å². The van der Waals surface area contributed by atoms with E-state index in [4.69, 9.17) is 14.2 Å². The minimum atomic E-state index is -0.0342. The van der Waals surface area contributed by atoms with E-state index < -0.39 is 0 Å². The van der Waals surface area contributed by atoms with Gasteiger partial charge in [0.2, 0.25) is 0 Å². The summed E-state index contributed by atoms with van der Waals surface area (Å²) in [5.41, 5.74) is 0.00422. The predicted octanol–water partition coefficient (Wildman–Crippen LogP) is 4.44. The average molecular weight is 300 g/mol. The van der Waals surface area contributed by atoms with Crippen LogP contribution in [-0.2, 0) is 14.2 Å². The second-order valence-electron chi connectivity index (χ2n) is 7.19. The van der Waals surface area contributed by atoms with Gasteiger partial charge < -0.3 is 14.2 Å². The quantitative estimate of drug-likeness (QED) is 0.589. The Morgan fingerprint density at radius 2 is 1.48 bits per heavy atom. The number of ether oxygens (including phenoxy) is 3. The van der Waals surface area contributed by atoms with Crippen molar-refractivity contribution in [3.63, 3.8) is 0 Å². The molecule has 0 aromatic carbocycles. The van der Waals surface area contributed by atoms with Crippen molar-refractivity contribution in [3.05, 3.63) is 0 Å². The fourth-order valence-electron chi connectivity index (χ4n) is 3.50. The highest BCUT2D eigenvalue weighted by Gasteiger charge is 2.39. The van der Waals surface area contributed by atoms with Crippen molar-refractivity contribution >= 4 is 0 Å². The molecule has 0 amide bonds. The zero-order valence-electron chi connectivity index (χ0n) is 14.9. The minimum Gasteiger partial charge on any atom is -0.384 e. The highest BCUT2D eigenvalue weighted by molar-refractivity contribution is 4.87. The summed E-state index contributed by atoms with van der Waals surface area (Å²) in [5, 5.41) is 0. The molecule has 1 aliphatic rings. The van der Waals surface area contributed by atoms with E-state index >= 15 is 0 Å². The van der Waals surface area contributed by atoms with Crippen LogP contribution in [0.15, 0.2) is 0 Å². The molecule has 1 fully saturated rings. The number of methoxy groups -OCH3 is 2. The van der Waals surface area contributed by atoms with Crippen molar-refractivity contribution in [3.8, 4) is 0 Å². The van der Waals surface area contributed by atoms with Crippen LogP contribution in [0.3, 0.4) is 0 Å². The van der Waals surface area contributed by atoms with Crippen LogP contribution >= 0.6 is 0 Å². The first-order valence-electron chi connectivity index (χ1n) is 8.64. The molecule has 0 aromatic heterocycles. The molecule has 1 unspecified atom stereocenters. The third-order valence-electron chi connectivity index (χ3n) is 5.39. The van der Waals surface area contributed by atoms with Crippen LogP contribution < -0.4 is 0 Å². The van der Waals surface area contributed by atoms with Gasteiger partial charge in [0.25, 0.3) is 0 Å². The van der Waals surface area contributed by atoms with Gasteiger partial charge in [0.05, 0.1) is 25.4 Å². The van der Waals surface area contributed by atoms with Crippen molar-refractivity contribution in [2.75, 3.05) is 34.0 Å². The third-order valence-corrected chi connectivity index (χ3v) is 5.39. The molecule has 3 nitrogen and oxygen atoms in total. The van der Waals surface area contributed by atoms with Crippen LogP contribution in [0.5, 0.6) is 0 Å². The fourth-order valence-corrected chi connectivity index (χ4v) is 3.50. The van der Waals surface area contributed by atoms with Crippen LogP contribution in [0.4, 0.5) is 0 Å². The highest BCUT2D eigenvalue weighted by atomic mass is 16.5. The van der Waals surface area contributed by atoms with Gasteiger partial charge in [-0.3, -0.25) is 0 Å². The van der Waals surface area contributed by atoms with Gasteiger partial charge in [-0.1, -0.05) is 46.0 Å². The number of hydrogen-bond acceptors (Lipinski definition) is 3. The summed E-state index contributed by atoms with van der Waals surface area (Å²) in [7, 11) is 3.56. The molecule has 0 aromatic rings. The number of rotatable bonds is 9. The monoisotopic (exact) mass is 300 g/mol. The lowest BCUT2D eigenvalue weighted by atomic mass is 9.76. The van der Waals surface area contributed by atoms with Crippen molar-refractivity contribution in [1.82, 2.24) is 0 Å².